The Hall–Kier alpha value is -2.36. The number of hydrogen-bond donors (Lipinski definition) is 2. The number of nitrogens with zero attached hydrogens (tertiary/aromatic N) is 2. The second-order valence-corrected chi connectivity index (χ2v) is 5.39. The van der Waals surface area contributed by atoms with Crippen molar-refractivity contribution >= 4 is 28.2 Å². The van der Waals surface area contributed by atoms with E-state index in [2.05, 4.69) is 20.8 Å². The Bertz CT molecular complexity index is 717. The minimum absolute atomic E-state index is 0.227. The van der Waals surface area contributed by atoms with Gasteiger partial charge in [0.2, 0.25) is 10.1 Å². The fourth-order valence-corrected chi connectivity index (χ4v) is 2.52. The molecule has 116 valence electrons. The van der Waals surface area contributed by atoms with E-state index in [4.69, 9.17) is 4.74 Å². The molecule has 0 unspecified atom stereocenters. The molecule has 1 aliphatic rings. The van der Waals surface area contributed by atoms with Crippen LogP contribution in [0.5, 0.6) is 5.75 Å². The van der Waals surface area contributed by atoms with Gasteiger partial charge in [0.1, 0.15) is 5.75 Å². The summed E-state index contributed by atoms with van der Waals surface area (Å²) in [7, 11) is 0. The first kappa shape index (κ1) is 14.6. The first-order chi connectivity index (χ1) is 10.4. The fourth-order valence-electron chi connectivity index (χ4n) is 1.91. The largest absolute Gasteiger partial charge is 0.493 e. The van der Waals surface area contributed by atoms with Crippen LogP contribution in [-0.4, -0.2) is 22.8 Å². The molecule has 0 fully saturated rings. The van der Waals surface area contributed by atoms with Crippen LogP contribution in [0.25, 0.3) is 0 Å². The molecule has 0 saturated heterocycles. The van der Waals surface area contributed by atoms with Crippen molar-refractivity contribution in [1.29, 1.82) is 0 Å². The quantitative estimate of drug-likeness (QED) is 0.887. The van der Waals surface area contributed by atoms with Gasteiger partial charge in [-0.15, -0.1) is 10.2 Å². The number of halogens is 3. The van der Waals surface area contributed by atoms with Gasteiger partial charge in [-0.2, -0.15) is 13.2 Å². The Labute approximate surface area is 126 Å². The van der Waals surface area contributed by atoms with E-state index in [1.54, 1.807) is 18.2 Å². The van der Waals surface area contributed by atoms with Crippen LogP contribution in [0.3, 0.4) is 0 Å². The summed E-state index contributed by atoms with van der Waals surface area (Å²) < 4.78 is 42.5. The van der Waals surface area contributed by atoms with Crippen LogP contribution in [0.1, 0.15) is 10.6 Å². The van der Waals surface area contributed by atoms with Crippen LogP contribution in [0.15, 0.2) is 18.2 Å². The lowest BCUT2D eigenvalue weighted by molar-refractivity contribution is -0.138. The number of urea groups is 1. The van der Waals surface area contributed by atoms with Gasteiger partial charge in [-0.1, -0.05) is 11.3 Å². The Kier molecular flexibility index (Phi) is 3.61. The first-order valence-electron chi connectivity index (χ1n) is 6.16. The van der Waals surface area contributed by atoms with Gasteiger partial charge in [-0.3, -0.25) is 5.32 Å². The number of hydrogen-bond acceptors (Lipinski definition) is 5. The summed E-state index contributed by atoms with van der Waals surface area (Å²) >= 11 is 0.260. The summed E-state index contributed by atoms with van der Waals surface area (Å²) in [4.78, 5) is 11.7. The van der Waals surface area contributed by atoms with E-state index in [-0.39, 0.29) is 16.5 Å². The number of anilines is 2. The number of alkyl halides is 3. The highest BCUT2D eigenvalue weighted by molar-refractivity contribution is 7.15. The molecule has 3 rings (SSSR count). The molecule has 0 bridgehead atoms. The van der Waals surface area contributed by atoms with Crippen LogP contribution in [0.2, 0.25) is 0 Å². The van der Waals surface area contributed by atoms with E-state index in [0.29, 0.717) is 12.3 Å². The second-order valence-electron chi connectivity index (χ2n) is 4.41. The molecule has 10 heteroatoms. The fraction of sp³-hybridized carbons (Fsp3) is 0.250. The number of fused-ring (bicyclic) bond motifs is 1. The molecule has 2 amide bonds. The molecular weight excluding hydrogens is 321 g/mol. The number of aromatic nitrogens is 2. The van der Waals surface area contributed by atoms with Gasteiger partial charge in [0.05, 0.1) is 6.61 Å². The molecule has 0 radical (unpaired) electrons. The van der Waals surface area contributed by atoms with Crippen molar-refractivity contribution in [3.05, 3.63) is 28.8 Å². The summed E-state index contributed by atoms with van der Waals surface area (Å²) in [6, 6.07) is 4.43. The molecule has 2 aromatic rings. The number of ether oxygens (including phenoxy) is 1. The summed E-state index contributed by atoms with van der Waals surface area (Å²) in [5.41, 5.74) is 1.48. The normalized spacial score (nSPS) is 13.4. The maximum Gasteiger partial charge on any atom is 0.445 e. The number of carbonyl (C=O) groups excluding carboxylic acids is 1. The zero-order valence-corrected chi connectivity index (χ0v) is 11.7. The van der Waals surface area contributed by atoms with E-state index in [1.807, 2.05) is 0 Å². The van der Waals surface area contributed by atoms with E-state index in [9.17, 15) is 18.0 Å². The number of rotatable bonds is 2. The summed E-state index contributed by atoms with van der Waals surface area (Å²) in [5.74, 6) is 0.768. The lowest BCUT2D eigenvalue weighted by Crippen LogP contribution is -2.19. The highest BCUT2D eigenvalue weighted by Gasteiger charge is 2.35. The monoisotopic (exact) mass is 330 g/mol. The molecule has 2 heterocycles. The van der Waals surface area contributed by atoms with Crippen molar-refractivity contribution in [1.82, 2.24) is 10.2 Å². The third kappa shape index (κ3) is 3.11. The first-order valence-corrected chi connectivity index (χ1v) is 6.98. The summed E-state index contributed by atoms with van der Waals surface area (Å²) in [6.07, 6.45) is -3.83. The second kappa shape index (κ2) is 5.44. The molecule has 0 spiro atoms. The Morgan fingerprint density at radius 2 is 2.09 bits per heavy atom. The van der Waals surface area contributed by atoms with Crippen LogP contribution in [0, 0.1) is 0 Å². The van der Waals surface area contributed by atoms with Crippen molar-refractivity contribution in [3.8, 4) is 5.75 Å². The molecule has 1 aromatic heterocycles. The third-order valence-electron chi connectivity index (χ3n) is 2.84. The number of nitrogens with one attached hydrogen (secondary N) is 2. The van der Waals surface area contributed by atoms with Gasteiger partial charge in [-0.05, 0) is 23.8 Å². The topological polar surface area (TPSA) is 76.1 Å². The maximum absolute atomic E-state index is 12.4. The summed E-state index contributed by atoms with van der Waals surface area (Å²) in [6.45, 7) is 0.593. The molecule has 0 saturated carbocycles. The molecule has 6 nitrogen and oxygen atoms in total. The van der Waals surface area contributed by atoms with Crippen molar-refractivity contribution < 1.29 is 22.7 Å². The predicted molar refractivity (Wildman–Crippen MR) is 73.2 cm³/mol. The van der Waals surface area contributed by atoms with E-state index in [0.717, 1.165) is 17.7 Å². The highest BCUT2D eigenvalue weighted by Crippen LogP contribution is 2.33. The number of benzene rings is 1. The van der Waals surface area contributed by atoms with Gasteiger partial charge < -0.3 is 10.1 Å². The Balaban J connectivity index is 1.64. The van der Waals surface area contributed by atoms with Crippen molar-refractivity contribution in [2.75, 3.05) is 17.2 Å². The Morgan fingerprint density at radius 1 is 1.27 bits per heavy atom. The molecule has 1 aromatic carbocycles. The van der Waals surface area contributed by atoms with Gasteiger partial charge in [0, 0.05) is 12.1 Å². The maximum atomic E-state index is 12.4. The summed E-state index contributed by atoms with van der Waals surface area (Å²) in [5, 5.41) is 9.65. The SMILES string of the molecule is O=C(Nc1ccc2c(c1)CCO2)Nc1nnc(C(F)(F)F)s1. The van der Waals surface area contributed by atoms with E-state index in [1.165, 1.54) is 0 Å². The molecule has 0 atom stereocenters. The third-order valence-corrected chi connectivity index (χ3v) is 3.72. The van der Waals surface area contributed by atoms with Crippen LogP contribution in [-0.2, 0) is 12.6 Å². The Morgan fingerprint density at radius 3 is 2.82 bits per heavy atom. The minimum Gasteiger partial charge on any atom is -0.493 e. The molecular formula is C12H9F3N4O2S. The molecule has 22 heavy (non-hydrogen) atoms. The average molecular weight is 330 g/mol. The van der Waals surface area contributed by atoms with Gasteiger partial charge >= 0.3 is 12.2 Å². The van der Waals surface area contributed by atoms with Crippen molar-refractivity contribution in [2.24, 2.45) is 0 Å². The van der Waals surface area contributed by atoms with Gasteiger partial charge in [-0.25, -0.2) is 4.79 Å². The van der Waals surface area contributed by atoms with E-state index < -0.39 is 17.2 Å². The van der Waals surface area contributed by atoms with Crippen LogP contribution >= 0.6 is 11.3 Å². The van der Waals surface area contributed by atoms with E-state index >= 15 is 0 Å². The smallest absolute Gasteiger partial charge is 0.445 e. The lowest BCUT2D eigenvalue weighted by atomic mass is 10.1. The standard InChI is InChI=1S/C12H9F3N4O2S/c13-12(14,15)9-18-19-11(22-9)17-10(20)16-7-1-2-8-6(5-7)3-4-21-8/h1-2,5H,3-4H2,(H2,16,17,19,20). The number of amides is 2. The average Bonchev–Trinajstić information content (AvgIpc) is 3.05. The van der Waals surface area contributed by atoms with Crippen LogP contribution in [0.4, 0.5) is 28.8 Å². The minimum atomic E-state index is -4.58. The van der Waals surface area contributed by atoms with Crippen LogP contribution < -0.4 is 15.4 Å². The molecule has 1 aliphatic heterocycles. The highest BCUT2D eigenvalue weighted by atomic mass is 32.1. The van der Waals surface area contributed by atoms with Crippen molar-refractivity contribution in [3.63, 3.8) is 0 Å². The molecule has 0 aliphatic carbocycles. The van der Waals surface area contributed by atoms with Crippen molar-refractivity contribution in [2.45, 2.75) is 12.6 Å². The molecule has 2 N–H and O–H groups in total. The lowest BCUT2D eigenvalue weighted by Gasteiger charge is -2.06. The number of carbonyl (C=O) groups is 1. The van der Waals surface area contributed by atoms with Gasteiger partial charge in [0.25, 0.3) is 0 Å². The zero-order chi connectivity index (χ0) is 15.7. The predicted octanol–water partition coefficient (Wildman–Crippen LogP) is 3.14. The zero-order valence-electron chi connectivity index (χ0n) is 10.9. The van der Waals surface area contributed by atoms with Gasteiger partial charge in [0.15, 0.2) is 0 Å².